The van der Waals surface area contributed by atoms with Crippen LogP contribution in [0.1, 0.15) is 27.9 Å². The zero-order chi connectivity index (χ0) is 19.5. The molecule has 9 heteroatoms. The number of aromatic nitrogens is 3. The van der Waals surface area contributed by atoms with Crippen LogP contribution < -0.4 is 14.8 Å². The van der Waals surface area contributed by atoms with Crippen molar-refractivity contribution in [1.29, 1.82) is 0 Å². The van der Waals surface area contributed by atoms with E-state index in [1.807, 2.05) is 13.0 Å². The summed E-state index contributed by atoms with van der Waals surface area (Å²) >= 11 is 1.67. The third-order valence-electron chi connectivity index (χ3n) is 4.39. The first-order chi connectivity index (χ1) is 13.6. The molecule has 1 aromatic carbocycles. The van der Waals surface area contributed by atoms with Crippen molar-refractivity contribution >= 4 is 17.2 Å². The summed E-state index contributed by atoms with van der Waals surface area (Å²) in [5.41, 5.74) is 1.81. The van der Waals surface area contributed by atoms with Crippen molar-refractivity contribution in [2.75, 3.05) is 13.3 Å². The van der Waals surface area contributed by atoms with Crippen LogP contribution in [0.2, 0.25) is 0 Å². The van der Waals surface area contributed by atoms with Crippen molar-refractivity contribution in [2.24, 2.45) is 0 Å². The molecule has 0 saturated heterocycles. The Morgan fingerprint density at radius 1 is 1.18 bits per heavy atom. The van der Waals surface area contributed by atoms with Gasteiger partial charge in [0.25, 0.3) is 0 Å². The zero-order valence-electron chi connectivity index (χ0n) is 15.7. The first-order valence-corrected chi connectivity index (χ1v) is 9.82. The number of hydrogen-bond donors (Lipinski definition) is 1. The zero-order valence-corrected chi connectivity index (χ0v) is 16.5. The standard InChI is InChI=1S/C19H20N4O4S/c1-11-12(2)28-18(21-11)7-8-20-16(24)5-6-17-22-23-19(27-17)13-3-4-14-15(9-13)26-10-25-14/h3-4,9H,5-8,10H2,1-2H3,(H,20,24). The summed E-state index contributed by atoms with van der Waals surface area (Å²) in [5, 5.41) is 12.0. The lowest BCUT2D eigenvalue weighted by Gasteiger charge is -2.02. The van der Waals surface area contributed by atoms with Crippen LogP contribution >= 0.6 is 11.3 Å². The van der Waals surface area contributed by atoms with E-state index in [0.717, 1.165) is 22.7 Å². The molecule has 0 atom stereocenters. The number of hydrogen-bond acceptors (Lipinski definition) is 8. The molecular formula is C19H20N4O4S. The molecule has 146 valence electrons. The Morgan fingerprint density at radius 3 is 2.86 bits per heavy atom. The van der Waals surface area contributed by atoms with E-state index in [9.17, 15) is 4.79 Å². The fraction of sp³-hybridized carbons (Fsp3) is 0.368. The van der Waals surface area contributed by atoms with Gasteiger partial charge in [-0.15, -0.1) is 21.5 Å². The van der Waals surface area contributed by atoms with Gasteiger partial charge >= 0.3 is 0 Å². The summed E-state index contributed by atoms with van der Waals surface area (Å²) in [5.74, 6) is 2.12. The largest absolute Gasteiger partial charge is 0.454 e. The third kappa shape index (κ3) is 4.14. The minimum absolute atomic E-state index is 0.0483. The molecule has 1 aliphatic heterocycles. The molecule has 0 unspecified atom stereocenters. The highest BCUT2D eigenvalue weighted by Gasteiger charge is 2.17. The molecule has 1 aliphatic rings. The second-order valence-corrected chi connectivity index (χ2v) is 7.71. The summed E-state index contributed by atoms with van der Waals surface area (Å²) in [6.45, 7) is 4.83. The predicted octanol–water partition coefficient (Wildman–Crippen LogP) is 2.83. The lowest BCUT2D eigenvalue weighted by atomic mass is 10.2. The van der Waals surface area contributed by atoms with Gasteiger partial charge in [-0.1, -0.05) is 0 Å². The van der Waals surface area contributed by atoms with Gasteiger partial charge in [-0.05, 0) is 32.0 Å². The van der Waals surface area contributed by atoms with Gasteiger partial charge in [-0.2, -0.15) is 0 Å². The van der Waals surface area contributed by atoms with E-state index in [0.29, 0.717) is 42.7 Å². The van der Waals surface area contributed by atoms with Crippen molar-refractivity contribution in [1.82, 2.24) is 20.5 Å². The number of nitrogens with zero attached hydrogens (tertiary/aromatic N) is 3. The van der Waals surface area contributed by atoms with Crippen LogP contribution in [0.15, 0.2) is 22.6 Å². The third-order valence-corrected chi connectivity index (χ3v) is 5.52. The molecule has 0 bridgehead atoms. The second kappa shape index (κ2) is 7.97. The molecule has 0 radical (unpaired) electrons. The van der Waals surface area contributed by atoms with Crippen LogP contribution in [-0.4, -0.2) is 34.4 Å². The average Bonchev–Trinajstić information content (AvgIpc) is 3.40. The molecule has 0 aliphatic carbocycles. The Hall–Kier alpha value is -2.94. The van der Waals surface area contributed by atoms with Gasteiger partial charge in [-0.3, -0.25) is 4.79 Å². The summed E-state index contributed by atoms with van der Waals surface area (Å²) in [6.07, 6.45) is 1.41. The van der Waals surface area contributed by atoms with Crippen LogP contribution in [0.25, 0.3) is 11.5 Å². The maximum absolute atomic E-state index is 12.0. The number of nitrogens with one attached hydrogen (secondary N) is 1. The molecule has 1 amide bonds. The smallest absolute Gasteiger partial charge is 0.247 e. The molecule has 2 aromatic heterocycles. The van der Waals surface area contributed by atoms with Gasteiger partial charge in [0.2, 0.25) is 24.5 Å². The van der Waals surface area contributed by atoms with Gasteiger partial charge in [0.1, 0.15) is 0 Å². The highest BCUT2D eigenvalue weighted by molar-refractivity contribution is 7.11. The molecule has 4 rings (SSSR count). The minimum atomic E-state index is -0.0483. The van der Waals surface area contributed by atoms with E-state index in [1.165, 1.54) is 4.88 Å². The minimum Gasteiger partial charge on any atom is -0.454 e. The van der Waals surface area contributed by atoms with E-state index in [-0.39, 0.29) is 12.7 Å². The van der Waals surface area contributed by atoms with Crippen molar-refractivity contribution in [3.05, 3.63) is 39.7 Å². The number of rotatable bonds is 7. The predicted molar refractivity (Wildman–Crippen MR) is 102 cm³/mol. The molecule has 0 fully saturated rings. The van der Waals surface area contributed by atoms with Crippen molar-refractivity contribution in [3.8, 4) is 23.0 Å². The van der Waals surface area contributed by atoms with E-state index >= 15 is 0 Å². The van der Waals surface area contributed by atoms with E-state index in [1.54, 1.807) is 23.5 Å². The lowest BCUT2D eigenvalue weighted by molar-refractivity contribution is -0.121. The number of benzene rings is 1. The highest BCUT2D eigenvalue weighted by Crippen LogP contribution is 2.35. The number of carbonyl (C=O) groups is 1. The van der Waals surface area contributed by atoms with Crippen LogP contribution in [0.5, 0.6) is 11.5 Å². The average molecular weight is 400 g/mol. The van der Waals surface area contributed by atoms with Crippen molar-refractivity contribution < 1.29 is 18.7 Å². The molecule has 0 saturated carbocycles. The number of carbonyl (C=O) groups excluding carboxylic acids is 1. The number of aryl methyl sites for hydroxylation is 3. The Labute approximate surface area is 165 Å². The lowest BCUT2D eigenvalue weighted by Crippen LogP contribution is -2.25. The van der Waals surface area contributed by atoms with Crippen LogP contribution in [0, 0.1) is 13.8 Å². The summed E-state index contributed by atoms with van der Waals surface area (Å²) in [7, 11) is 0. The topological polar surface area (TPSA) is 99.4 Å². The second-order valence-electron chi connectivity index (χ2n) is 6.42. The number of ether oxygens (including phenoxy) is 2. The fourth-order valence-corrected chi connectivity index (χ4v) is 3.70. The monoisotopic (exact) mass is 400 g/mol. The first kappa shape index (κ1) is 18.4. The normalized spacial score (nSPS) is 12.4. The van der Waals surface area contributed by atoms with Gasteiger partial charge in [0, 0.05) is 36.2 Å². The molecule has 0 spiro atoms. The maximum atomic E-state index is 12.0. The van der Waals surface area contributed by atoms with Crippen LogP contribution in [-0.2, 0) is 17.6 Å². The van der Waals surface area contributed by atoms with Crippen molar-refractivity contribution in [3.63, 3.8) is 0 Å². The van der Waals surface area contributed by atoms with Gasteiger partial charge in [-0.25, -0.2) is 4.98 Å². The highest BCUT2D eigenvalue weighted by atomic mass is 32.1. The Bertz CT molecular complexity index is 978. The molecule has 8 nitrogen and oxygen atoms in total. The van der Waals surface area contributed by atoms with E-state index in [4.69, 9.17) is 13.9 Å². The quantitative estimate of drug-likeness (QED) is 0.651. The SMILES string of the molecule is Cc1nc(CCNC(=O)CCc2nnc(-c3ccc4c(c3)OCO4)o2)sc1C. The van der Waals surface area contributed by atoms with Crippen LogP contribution in [0.4, 0.5) is 0 Å². The summed E-state index contributed by atoms with van der Waals surface area (Å²) in [4.78, 5) is 17.7. The van der Waals surface area contributed by atoms with Crippen LogP contribution in [0.3, 0.4) is 0 Å². The molecular weight excluding hydrogens is 380 g/mol. The number of fused-ring (bicyclic) bond motifs is 1. The molecule has 28 heavy (non-hydrogen) atoms. The fourth-order valence-electron chi connectivity index (χ4n) is 2.76. The molecule has 3 aromatic rings. The molecule has 1 N–H and O–H groups in total. The van der Waals surface area contributed by atoms with E-state index < -0.39 is 0 Å². The maximum Gasteiger partial charge on any atom is 0.247 e. The van der Waals surface area contributed by atoms with Gasteiger partial charge in [0.05, 0.1) is 10.7 Å². The Balaban J connectivity index is 1.25. The Kier molecular flexibility index (Phi) is 5.25. The number of thiazole rings is 1. The Morgan fingerprint density at radius 2 is 2.04 bits per heavy atom. The van der Waals surface area contributed by atoms with Gasteiger partial charge in [0.15, 0.2) is 11.5 Å². The summed E-state index contributed by atoms with van der Waals surface area (Å²) < 4.78 is 16.3. The van der Waals surface area contributed by atoms with Crippen molar-refractivity contribution in [2.45, 2.75) is 33.1 Å². The number of amides is 1. The van der Waals surface area contributed by atoms with Gasteiger partial charge < -0.3 is 19.2 Å². The first-order valence-electron chi connectivity index (χ1n) is 9.00. The molecule has 3 heterocycles. The van der Waals surface area contributed by atoms with E-state index in [2.05, 4.69) is 27.4 Å². The summed E-state index contributed by atoms with van der Waals surface area (Å²) in [6, 6.07) is 5.44.